The van der Waals surface area contributed by atoms with Crippen molar-refractivity contribution in [3.8, 4) is 0 Å². The van der Waals surface area contributed by atoms with Crippen molar-refractivity contribution in [3.63, 3.8) is 0 Å². The zero-order valence-corrected chi connectivity index (χ0v) is 10.5. The molecule has 0 radical (unpaired) electrons. The zero-order chi connectivity index (χ0) is 13.0. The van der Waals surface area contributed by atoms with Crippen molar-refractivity contribution in [3.05, 3.63) is 12.2 Å². The van der Waals surface area contributed by atoms with Gasteiger partial charge in [0, 0.05) is 31.3 Å². The summed E-state index contributed by atoms with van der Waals surface area (Å²) in [6.45, 7) is 3.86. The van der Waals surface area contributed by atoms with Gasteiger partial charge < -0.3 is 14.9 Å². The van der Waals surface area contributed by atoms with Crippen molar-refractivity contribution in [2.75, 3.05) is 26.2 Å². The maximum atomic E-state index is 11.7. The van der Waals surface area contributed by atoms with Gasteiger partial charge in [0.1, 0.15) is 0 Å². The molecule has 0 atom stereocenters. The van der Waals surface area contributed by atoms with Crippen LogP contribution in [0.1, 0.15) is 25.7 Å². The van der Waals surface area contributed by atoms with Crippen LogP contribution in [-0.4, -0.2) is 59.0 Å². The molecule has 2 heterocycles. The van der Waals surface area contributed by atoms with Crippen molar-refractivity contribution in [2.24, 2.45) is 0 Å². The van der Waals surface area contributed by atoms with Gasteiger partial charge in [-0.3, -0.25) is 4.79 Å². The lowest BCUT2D eigenvalue weighted by Gasteiger charge is -2.36. The summed E-state index contributed by atoms with van der Waals surface area (Å²) in [4.78, 5) is 26.3. The summed E-state index contributed by atoms with van der Waals surface area (Å²) < 4.78 is 0. The Hall–Kier alpha value is -1.36. The zero-order valence-electron chi connectivity index (χ0n) is 10.5. The summed E-state index contributed by atoms with van der Waals surface area (Å²) in [5.74, 6) is -1.26. The number of aliphatic carboxylic acids is 1. The van der Waals surface area contributed by atoms with Crippen LogP contribution in [0.25, 0.3) is 0 Å². The summed E-state index contributed by atoms with van der Waals surface area (Å²) in [6, 6.07) is 0.611. The van der Waals surface area contributed by atoms with Crippen molar-refractivity contribution in [2.45, 2.75) is 31.7 Å². The van der Waals surface area contributed by atoms with Crippen LogP contribution in [0.2, 0.25) is 0 Å². The lowest BCUT2D eigenvalue weighted by atomic mass is 10.0. The Labute approximate surface area is 107 Å². The molecule has 0 aromatic heterocycles. The number of nitrogens with zero attached hydrogens (tertiary/aromatic N) is 2. The molecule has 100 valence electrons. The van der Waals surface area contributed by atoms with Crippen LogP contribution in [0.3, 0.4) is 0 Å². The lowest BCUT2D eigenvalue weighted by Crippen LogP contribution is -2.45. The van der Waals surface area contributed by atoms with E-state index >= 15 is 0 Å². The fourth-order valence-corrected chi connectivity index (χ4v) is 2.81. The van der Waals surface area contributed by atoms with Gasteiger partial charge >= 0.3 is 5.97 Å². The summed E-state index contributed by atoms with van der Waals surface area (Å²) in [5.41, 5.74) is 0. The Morgan fingerprint density at radius 1 is 1.00 bits per heavy atom. The largest absolute Gasteiger partial charge is 0.478 e. The van der Waals surface area contributed by atoms with Crippen molar-refractivity contribution >= 4 is 11.9 Å². The van der Waals surface area contributed by atoms with Crippen LogP contribution in [-0.2, 0) is 9.59 Å². The van der Waals surface area contributed by atoms with E-state index < -0.39 is 5.97 Å². The van der Waals surface area contributed by atoms with Crippen molar-refractivity contribution in [1.29, 1.82) is 0 Å². The van der Waals surface area contributed by atoms with Gasteiger partial charge in [0.2, 0.25) is 5.91 Å². The first-order valence-electron chi connectivity index (χ1n) is 6.61. The standard InChI is InChI=1S/C13H20N2O3/c16-12(3-4-13(17)18)15-9-5-11(6-10-15)14-7-1-2-8-14/h3-4,11H,1-2,5-10H2,(H,17,18)/b4-3+. The van der Waals surface area contributed by atoms with Gasteiger partial charge in [-0.2, -0.15) is 0 Å². The third-order valence-corrected chi connectivity index (χ3v) is 3.80. The topological polar surface area (TPSA) is 60.9 Å². The van der Waals surface area contributed by atoms with E-state index in [2.05, 4.69) is 4.90 Å². The van der Waals surface area contributed by atoms with E-state index in [9.17, 15) is 9.59 Å². The molecule has 2 saturated heterocycles. The number of piperidine rings is 1. The Kier molecular flexibility index (Phi) is 4.36. The highest BCUT2D eigenvalue weighted by Gasteiger charge is 2.27. The predicted octanol–water partition coefficient (Wildman–Crippen LogP) is 0.714. The summed E-state index contributed by atoms with van der Waals surface area (Å²) in [6.07, 6.45) is 6.66. The molecule has 1 amide bonds. The molecule has 0 aromatic rings. The number of rotatable bonds is 3. The monoisotopic (exact) mass is 252 g/mol. The minimum Gasteiger partial charge on any atom is -0.478 e. The molecule has 18 heavy (non-hydrogen) atoms. The molecule has 0 aliphatic carbocycles. The van der Waals surface area contributed by atoms with Gasteiger partial charge in [0.25, 0.3) is 0 Å². The maximum Gasteiger partial charge on any atom is 0.328 e. The van der Waals surface area contributed by atoms with E-state index in [4.69, 9.17) is 5.11 Å². The minimum absolute atomic E-state index is 0.183. The highest BCUT2D eigenvalue weighted by molar-refractivity contribution is 5.93. The second kappa shape index (κ2) is 6.00. The average Bonchev–Trinajstić information content (AvgIpc) is 2.90. The van der Waals surface area contributed by atoms with Gasteiger partial charge in [-0.05, 0) is 38.8 Å². The van der Waals surface area contributed by atoms with Gasteiger partial charge in [-0.25, -0.2) is 4.79 Å². The van der Waals surface area contributed by atoms with Crippen LogP contribution in [0.4, 0.5) is 0 Å². The average molecular weight is 252 g/mol. The normalized spacial score (nSPS) is 22.8. The van der Waals surface area contributed by atoms with Gasteiger partial charge in [0.05, 0.1) is 0 Å². The molecule has 2 rings (SSSR count). The number of likely N-dealkylation sites (tertiary alicyclic amines) is 2. The smallest absolute Gasteiger partial charge is 0.328 e. The number of amides is 1. The number of carboxylic acid groups (broad SMARTS) is 1. The SMILES string of the molecule is O=C(O)/C=C/C(=O)N1CCC(N2CCCC2)CC1. The van der Waals surface area contributed by atoms with E-state index in [0.717, 1.165) is 38.1 Å². The minimum atomic E-state index is -1.07. The molecule has 2 fully saturated rings. The fraction of sp³-hybridized carbons (Fsp3) is 0.692. The molecular weight excluding hydrogens is 232 g/mol. The Bertz CT molecular complexity index is 340. The van der Waals surface area contributed by atoms with E-state index in [-0.39, 0.29) is 5.91 Å². The lowest BCUT2D eigenvalue weighted by molar-refractivity contribution is -0.132. The summed E-state index contributed by atoms with van der Waals surface area (Å²) >= 11 is 0. The first-order valence-corrected chi connectivity index (χ1v) is 6.61. The first kappa shape index (κ1) is 13.1. The number of carbonyl (C=O) groups is 2. The molecule has 5 heteroatoms. The molecule has 2 aliphatic heterocycles. The number of hydrogen-bond donors (Lipinski definition) is 1. The second-order valence-electron chi connectivity index (χ2n) is 4.97. The summed E-state index contributed by atoms with van der Waals surface area (Å²) in [5, 5.41) is 8.48. The van der Waals surface area contributed by atoms with E-state index in [1.165, 1.54) is 25.9 Å². The molecule has 0 bridgehead atoms. The highest BCUT2D eigenvalue weighted by atomic mass is 16.4. The molecule has 2 aliphatic rings. The van der Waals surface area contributed by atoms with Crippen LogP contribution < -0.4 is 0 Å². The quantitative estimate of drug-likeness (QED) is 0.752. The van der Waals surface area contributed by atoms with E-state index in [1.807, 2.05) is 0 Å². The number of hydrogen-bond acceptors (Lipinski definition) is 3. The van der Waals surface area contributed by atoms with Gasteiger partial charge in [0.15, 0.2) is 0 Å². The number of carboxylic acids is 1. The highest BCUT2D eigenvalue weighted by Crippen LogP contribution is 2.21. The molecule has 0 saturated carbocycles. The predicted molar refractivity (Wildman–Crippen MR) is 67.2 cm³/mol. The first-order chi connectivity index (χ1) is 8.66. The molecule has 0 unspecified atom stereocenters. The van der Waals surface area contributed by atoms with E-state index in [1.54, 1.807) is 4.90 Å². The molecule has 5 nitrogen and oxygen atoms in total. The third-order valence-electron chi connectivity index (χ3n) is 3.80. The van der Waals surface area contributed by atoms with E-state index in [0.29, 0.717) is 6.04 Å². The third kappa shape index (κ3) is 3.32. The van der Waals surface area contributed by atoms with Crippen LogP contribution in [0, 0.1) is 0 Å². The van der Waals surface area contributed by atoms with Crippen LogP contribution in [0.5, 0.6) is 0 Å². The van der Waals surface area contributed by atoms with Crippen molar-refractivity contribution < 1.29 is 14.7 Å². The molecule has 0 spiro atoms. The Morgan fingerprint density at radius 2 is 1.61 bits per heavy atom. The Morgan fingerprint density at radius 3 is 2.17 bits per heavy atom. The van der Waals surface area contributed by atoms with Crippen LogP contribution >= 0.6 is 0 Å². The Balaban J connectivity index is 1.79. The second-order valence-corrected chi connectivity index (χ2v) is 4.97. The van der Waals surface area contributed by atoms with Crippen molar-refractivity contribution in [1.82, 2.24) is 9.80 Å². The van der Waals surface area contributed by atoms with Gasteiger partial charge in [-0.1, -0.05) is 0 Å². The molecular formula is C13H20N2O3. The van der Waals surface area contributed by atoms with Gasteiger partial charge in [-0.15, -0.1) is 0 Å². The fourth-order valence-electron chi connectivity index (χ4n) is 2.81. The summed E-state index contributed by atoms with van der Waals surface area (Å²) in [7, 11) is 0. The molecule has 1 N–H and O–H groups in total. The molecule has 0 aromatic carbocycles. The van der Waals surface area contributed by atoms with Crippen LogP contribution in [0.15, 0.2) is 12.2 Å². The number of carbonyl (C=O) groups excluding carboxylic acids is 1. The maximum absolute atomic E-state index is 11.7.